The minimum Gasteiger partial charge on any atom is -0.396 e. The average Bonchev–Trinajstić information content (AvgIpc) is 2.76. The number of aliphatic hydroxyl groups is 1. The molecule has 1 aromatic heterocycles. The van der Waals surface area contributed by atoms with Crippen LogP contribution in [-0.4, -0.2) is 31.0 Å². The number of benzene rings is 2. The van der Waals surface area contributed by atoms with Crippen molar-refractivity contribution < 1.29 is 18.3 Å². The van der Waals surface area contributed by atoms with E-state index >= 15 is 0 Å². The van der Waals surface area contributed by atoms with Crippen LogP contribution in [0.2, 0.25) is 0 Å². The van der Waals surface area contributed by atoms with Gasteiger partial charge in [-0.15, -0.1) is 0 Å². The molecule has 0 fully saturated rings. The highest BCUT2D eigenvalue weighted by molar-refractivity contribution is 7.92. The molecule has 0 aliphatic rings. The van der Waals surface area contributed by atoms with Crippen LogP contribution in [0.1, 0.15) is 34.0 Å². The lowest BCUT2D eigenvalue weighted by Crippen LogP contribution is -2.18. The second kappa shape index (κ2) is 9.72. The number of anilines is 2. The van der Waals surface area contributed by atoms with Crippen molar-refractivity contribution in [1.82, 2.24) is 4.98 Å². The van der Waals surface area contributed by atoms with Crippen molar-refractivity contribution in [1.29, 1.82) is 0 Å². The van der Waals surface area contributed by atoms with E-state index in [9.17, 15) is 18.3 Å². The molecule has 31 heavy (non-hydrogen) atoms. The van der Waals surface area contributed by atoms with Crippen molar-refractivity contribution in [2.24, 2.45) is 0 Å². The van der Waals surface area contributed by atoms with Gasteiger partial charge in [-0.25, -0.2) is 8.42 Å². The number of hydrogen-bond donors (Lipinski definition) is 3. The molecule has 1 amide bonds. The van der Waals surface area contributed by atoms with Crippen LogP contribution in [0.4, 0.5) is 11.4 Å². The van der Waals surface area contributed by atoms with Crippen molar-refractivity contribution in [3.8, 4) is 0 Å². The quantitative estimate of drug-likeness (QED) is 0.497. The molecule has 0 aliphatic heterocycles. The summed E-state index contributed by atoms with van der Waals surface area (Å²) in [6.45, 7) is 3.65. The normalized spacial score (nSPS) is 11.2. The molecule has 0 spiro atoms. The highest BCUT2D eigenvalue weighted by atomic mass is 32.2. The van der Waals surface area contributed by atoms with E-state index in [0.717, 1.165) is 11.1 Å². The van der Waals surface area contributed by atoms with Crippen LogP contribution in [0.3, 0.4) is 0 Å². The van der Waals surface area contributed by atoms with E-state index in [4.69, 9.17) is 0 Å². The van der Waals surface area contributed by atoms with E-state index in [1.807, 2.05) is 26.0 Å². The minimum atomic E-state index is -3.94. The monoisotopic (exact) mass is 439 g/mol. The van der Waals surface area contributed by atoms with Gasteiger partial charge in [0.15, 0.2) is 0 Å². The number of aromatic nitrogens is 1. The number of nitrogens with zero attached hydrogens (tertiary/aromatic N) is 1. The maximum Gasteiger partial charge on any atom is 0.262 e. The number of aliphatic hydroxyl groups excluding tert-OH is 1. The molecule has 0 atom stereocenters. The number of sulfonamides is 1. The van der Waals surface area contributed by atoms with Crippen molar-refractivity contribution in [3.63, 3.8) is 0 Å². The zero-order valence-electron chi connectivity index (χ0n) is 17.4. The lowest BCUT2D eigenvalue weighted by molar-refractivity contribution is 0.102. The number of rotatable bonds is 8. The first kappa shape index (κ1) is 22.5. The molecule has 0 saturated carbocycles. The number of hydrogen-bond acceptors (Lipinski definition) is 5. The Bertz CT molecular complexity index is 1180. The highest BCUT2D eigenvalue weighted by Crippen LogP contribution is 2.25. The molecular formula is C23H25N3O4S. The van der Waals surface area contributed by atoms with E-state index in [1.165, 1.54) is 12.3 Å². The smallest absolute Gasteiger partial charge is 0.262 e. The van der Waals surface area contributed by atoms with Crippen molar-refractivity contribution in [2.45, 2.75) is 31.6 Å². The molecule has 0 aliphatic carbocycles. The second-order valence-electron chi connectivity index (χ2n) is 7.11. The van der Waals surface area contributed by atoms with Crippen molar-refractivity contribution >= 4 is 27.3 Å². The van der Waals surface area contributed by atoms with Gasteiger partial charge in [0.25, 0.3) is 15.9 Å². The molecule has 3 aromatic rings. The van der Waals surface area contributed by atoms with Crippen molar-refractivity contribution in [2.75, 3.05) is 16.6 Å². The molecule has 162 valence electrons. The van der Waals surface area contributed by atoms with Gasteiger partial charge in [-0.3, -0.25) is 14.5 Å². The lowest BCUT2D eigenvalue weighted by Gasteiger charge is -2.15. The first-order chi connectivity index (χ1) is 14.8. The van der Waals surface area contributed by atoms with Gasteiger partial charge in [0, 0.05) is 30.4 Å². The number of nitrogens with one attached hydrogen (secondary N) is 2. The molecule has 3 rings (SSSR count). The van der Waals surface area contributed by atoms with Gasteiger partial charge in [0.05, 0.1) is 10.5 Å². The van der Waals surface area contributed by atoms with Crippen LogP contribution in [0.25, 0.3) is 0 Å². The predicted molar refractivity (Wildman–Crippen MR) is 121 cm³/mol. The summed E-state index contributed by atoms with van der Waals surface area (Å²) < 4.78 is 28.7. The topological polar surface area (TPSA) is 108 Å². The van der Waals surface area contributed by atoms with E-state index in [2.05, 4.69) is 15.0 Å². The Balaban J connectivity index is 1.93. The standard InChI is InChI=1S/C23H25N3O4S/c1-3-17-10-12-24-15-21(17)23(28)25-20-9-6-18(11-13-27)22(14-20)31(29,30)26-19-7-4-16(2)5-8-19/h4-10,12,14-15,26-27H,3,11,13H2,1-2H3,(H,25,28). The predicted octanol–water partition coefficient (Wildman–Crippen LogP) is 3.54. The van der Waals surface area contributed by atoms with Gasteiger partial charge < -0.3 is 10.4 Å². The third kappa shape index (κ3) is 5.48. The van der Waals surface area contributed by atoms with E-state index in [-0.39, 0.29) is 23.8 Å². The molecule has 7 nitrogen and oxygen atoms in total. The van der Waals surface area contributed by atoms with E-state index < -0.39 is 10.0 Å². The Morgan fingerprint density at radius 2 is 1.74 bits per heavy atom. The fourth-order valence-electron chi connectivity index (χ4n) is 3.18. The molecule has 2 aromatic carbocycles. The number of carbonyl (C=O) groups is 1. The second-order valence-corrected chi connectivity index (χ2v) is 8.76. The molecule has 0 saturated heterocycles. The summed E-state index contributed by atoms with van der Waals surface area (Å²) >= 11 is 0. The van der Waals surface area contributed by atoms with Crippen molar-refractivity contribution in [3.05, 3.63) is 83.2 Å². The Morgan fingerprint density at radius 3 is 2.42 bits per heavy atom. The van der Waals surface area contributed by atoms with Crippen LogP contribution < -0.4 is 10.0 Å². The summed E-state index contributed by atoms with van der Waals surface area (Å²) in [4.78, 5) is 16.7. The van der Waals surface area contributed by atoms with Crippen LogP contribution >= 0.6 is 0 Å². The number of carbonyl (C=O) groups excluding carboxylic acids is 1. The summed E-state index contributed by atoms with van der Waals surface area (Å²) in [5.74, 6) is -0.366. The van der Waals surface area contributed by atoms with E-state index in [0.29, 0.717) is 28.9 Å². The Kier molecular flexibility index (Phi) is 7.04. The molecule has 1 heterocycles. The summed E-state index contributed by atoms with van der Waals surface area (Å²) in [5, 5.41) is 12.1. The highest BCUT2D eigenvalue weighted by Gasteiger charge is 2.20. The largest absolute Gasteiger partial charge is 0.396 e. The fraction of sp³-hybridized carbons (Fsp3) is 0.217. The molecule has 8 heteroatoms. The first-order valence-electron chi connectivity index (χ1n) is 9.91. The van der Waals surface area contributed by atoms with Crippen LogP contribution in [0.15, 0.2) is 65.8 Å². The van der Waals surface area contributed by atoms with Gasteiger partial charge in [0.1, 0.15) is 0 Å². The summed E-state index contributed by atoms with van der Waals surface area (Å²) in [7, 11) is -3.94. The zero-order chi connectivity index (χ0) is 22.4. The fourth-order valence-corrected chi connectivity index (χ4v) is 4.53. The third-order valence-electron chi connectivity index (χ3n) is 4.84. The minimum absolute atomic E-state index is 0.00169. The molecule has 0 unspecified atom stereocenters. The molecular weight excluding hydrogens is 414 g/mol. The number of amides is 1. The number of aryl methyl sites for hydroxylation is 2. The van der Waals surface area contributed by atoms with Crippen LogP contribution in [0.5, 0.6) is 0 Å². The van der Waals surface area contributed by atoms with Gasteiger partial charge in [-0.05, 0) is 61.2 Å². The maximum absolute atomic E-state index is 13.1. The third-order valence-corrected chi connectivity index (χ3v) is 6.30. The summed E-state index contributed by atoms with van der Waals surface area (Å²) in [6.07, 6.45) is 3.95. The first-order valence-corrected chi connectivity index (χ1v) is 11.4. The Hall–Kier alpha value is -3.23. The van der Waals surface area contributed by atoms with Crippen LogP contribution in [-0.2, 0) is 22.9 Å². The zero-order valence-corrected chi connectivity index (χ0v) is 18.2. The Morgan fingerprint density at radius 1 is 1.03 bits per heavy atom. The Labute approximate surface area is 182 Å². The van der Waals surface area contributed by atoms with E-state index in [1.54, 1.807) is 36.5 Å². The van der Waals surface area contributed by atoms with Gasteiger partial charge in [-0.2, -0.15) is 0 Å². The van der Waals surface area contributed by atoms with Gasteiger partial charge >= 0.3 is 0 Å². The van der Waals surface area contributed by atoms with Crippen LogP contribution in [0, 0.1) is 6.92 Å². The molecule has 0 radical (unpaired) electrons. The molecule has 3 N–H and O–H groups in total. The van der Waals surface area contributed by atoms with Gasteiger partial charge in [0.2, 0.25) is 0 Å². The number of pyridine rings is 1. The summed E-state index contributed by atoms with van der Waals surface area (Å²) in [5.41, 5.74) is 3.51. The average molecular weight is 440 g/mol. The van der Waals surface area contributed by atoms with Gasteiger partial charge in [-0.1, -0.05) is 30.7 Å². The molecule has 0 bridgehead atoms. The lowest BCUT2D eigenvalue weighted by atomic mass is 10.1. The maximum atomic E-state index is 13.1. The summed E-state index contributed by atoms with van der Waals surface area (Å²) in [6, 6.07) is 13.4. The SMILES string of the molecule is CCc1ccncc1C(=O)Nc1ccc(CCO)c(S(=O)(=O)Nc2ccc(C)cc2)c1.